The molecule has 0 aliphatic rings. The predicted molar refractivity (Wildman–Crippen MR) is 58.8 cm³/mol. The molecule has 2 aromatic heterocycles. The second-order valence-electron chi connectivity index (χ2n) is 3.59. The van der Waals surface area contributed by atoms with E-state index >= 15 is 0 Å². The topological polar surface area (TPSA) is 101 Å². The van der Waals surface area contributed by atoms with Crippen molar-refractivity contribution in [1.29, 1.82) is 0 Å². The average molecular weight is 234 g/mol. The van der Waals surface area contributed by atoms with Gasteiger partial charge in [0, 0.05) is 18.8 Å². The Bertz CT molecular complexity index is 641. The number of aromatic nitrogens is 4. The molecule has 0 amide bonds. The van der Waals surface area contributed by atoms with Crippen LogP contribution in [0.25, 0.3) is 11.3 Å². The van der Waals surface area contributed by atoms with E-state index in [1.54, 1.807) is 24.9 Å². The first-order chi connectivity index (χ1) is 7.97. The van der Waals surface area contributed by atoms with Crippen molar-refractivity contribution < 1.29 is 9.90 Å². The molecule has 2 rings (SSSR count). The fourth-order valence-electron chi connectivity index (χ4n) is 1.56. The van der Waals surface area contributed by atoms with Crippen molar-refractivity contribution in [2.24, 2.45) is 7.05 Å². The fourth-order valence-corrected chi connectivity index (χ4v) is 1.56. The van der Waals surface area contributed by atoms with Gasteiger partial charge in [-0.15, -0.1) is 0 Å². The van der Waals surface area contributed by atoms with Gasteiger partial charge >= 0.3 is 11.7 Å². The van der Waals surface area contributed by atoms with E-state index in [9.17, 15) is 9.59 Å². The molecule has 0 unspecified atom stereocenters. The number of carbonyl (C=O) groups is 1. The van der Waals surface area contributed by atoms with Crippen LogP contribution in [0.2, 0.25) is 0 Å². The second kappa shape index (κ2) is 3.85. The van der Waals surface area contributed by atoms with Crippen LogP contribution in [-0.2, 0) is 7.05 Å². The summed E-state index contributed by atoms with van der Waals surface area (Å²) in [5.74, 6) is -1.20. The van der Waals surface area contributed by atoms with Crippen molar-refractivity contribution in [2.45, 2.75) is 6.92 Å². The Balaban J connectivity index is 2.63. The van der Waals surface area contributed by atoms with Crippen molar-refractivity contribution in [3.63, 3.8) is 0 Å². The number of H-pyrrole nitrogens is 1. The molecular formula is C10H10N4O3. The molecule has 0 aliphatic heterocycles. The van der Waals surface area contributed by atoms with Gasteiger partial charge in [-0.3, -0.25) is 9.67 Å². The van der Waals surface area contributed by atoms with Gasteiger partial charge in [-0.1, -0.05) is 0 Å². The number of carboxylic acids is 1. The maximum absolute atomic E-state index is 11.2. The SMILES string of the molecule is Cc1nn(C)cc1-c1cc(C(=O)O)[nH]c(=O)n1. The standard InChI is InChI=1S/C10H10N4O3/c1-5-6(4-14(2)13-5)7-3-8(9(15)16)12-10(17)11-7/h3-4H,1-2H3,(H,15,16)(H,11,12,17). The lowest BCUT2D eigenvalue weighted by molar-refractivity contribution is 0.0690. The molecule has 0 aromatic carbocycles. The zero-order valence-electron chi connectivity index (χ0n) is 9.26. The number of aryl methyl sites for hydroxylation is 2. The summed E-state index contributed by atoms with van der Waals surface area (Å²) in [5, 5.41) is 12.9. The highest BCUT2D eigenvalue weighted by Gasteiger charge is 2.12. The van der Waals surface area contributed by atoms with Crippen LogP contribution in [0.3, 0.4) is 0 Å². The zero-order valence-corrected chi connectivity index (χ0v) is 9.26. The van der Waals surface area contributed by atoms with E-state index in [2.05, 4.69) is 15.1 Å². The maximum Gasteiger partial charge on any atom is 0.352 e. The van der Waals surface area contributed by atoms with Gasteiger partial charge in [0.25, 0.3) is 0 Å². The van der Waals surface area contributed by atoms with Gasteiger partial charge in [0.2, 0.25) is 0 Å². The van der Waals surface area contributed by atoms with Crippen molar-refractivity contribution in [3.8, 4) is 11.3 Å². The third kappa shape index (κ3) is 2.07. The highest BCUT2D eigenvalue weighted by Crippen LogP contribution is 2.19. The Morgan fingerprint density at radius 1 is 1.53 bits per heavy atom. The monoisotopic (exact) mass is 234 g/mol. The molecule has 7 nitrogen and oxygen atoms in total. The van der Waals surface area contributed by atoms with E-state index in [-0.39, 0.29) is 5.69 Å². The van der Waals surface area contributed by atoms with Crippen molar-refractivity contribution in [1.82, 2.24) is 19.7 Å². The molecule has 2 aromatic rings. The van der Waals surface area contributed by atoms with Crippen molar-refractivity contribution in [2.75, 3.05) is 0 Å². The van der Waals surface area contributed by atoms with E-state index in [1.165, 1.54) is 6.07 Å². The lowest BCUT2D eigenvalue weighted by Crippen LogP contribution is -2.16. The van der Waals surface area contributed by atoms with Gasteiger partial charge in [0.1, 0.15) is 5.69 Å². The smallest absolute Gasteiger partial charge is 0.352 e. The molecule has 7 heteroatoms. The second-order valence-corrected chi connectivity index (χ2v) is 3.59. The minimum atomic E-state index is -1.20. The molecule has 0 aliphatic carbocycles. The largest absolute Gasteiger partial charge is 0.477 e. The van der Waals surface area contributed by atoms with Crippen LogP contribution in [0.4, 0.5) is 0 Å². The van der Waals surface area contributed by atoms with Crippen LogP contribution in [0, 0.1) is 6.92 Å². The van der Waals surface area contributed by atoms with Gasteiger partial charge in [-0.05, 0) is 13.0 Å². The summed E-state index contributed by atoms with van der Waals surface area (Å²) in [4.78, 5) is 27.9. The third-order valence-electron chi connectivity index (χ3n) is 2.26. The van der Waals surface area contributed by atoms with Gasteiger partial charge < -0.3 is 5.11 Å². The summed E-state index contributed by atoms with van der Waals surface area (Å²) in [6.45, 7) is 1.76. The summed E-state index contributed by atoms with van der Waals surface area (Å²) < 4.78 is 1.58. The van der Waals surface area contributed by atoms with Crippen LogP contribution in [0.15, 0.2) is 17.1 Å². The zero-order chi connectivity index (χ0) is 12.6. The first-order valence-electron chi connectivity index (χ1n) is 4.82. The third-order valence-corrected chi connectivity index (χ3v) is 2.26. The van der Waals surface area contributed by atoms with E-state index < -0.39 is 11.7 Å². The predicted octanol–water partition coefficient (Wildman–Crippen LogP) is 0.177. The summed E-state index contributed by atoms with van der Waals surface area (Å²) in [6, 6.07) is 1.31. The van der Waals surface area contributed by atoms with Gasteiger partial charge in [0.05, 0.1) is 11.4 Å². The molecule has 2 heterocycles. The Kier molecular flexibility index (Phi) is 2.51. The number of hydrogen-bond acceptors (Lipinski definition) is 4. The van der Waals surface area contributed by atoms with E-state index in [0.717, 1.165) is 0 Å². The Hall–Kier alpha value is -2.44. The maximum atomic E-state index is 11.2. The molecule has 17 heavy (non-hydrogen) atoms. The van der Waals surface area contributed by atoms with Crippen LogP contribution < -0.4 is 5.69 Å². The molecule has 0 fully saturated rings. The lowest BCUT2D eigenvalue weighted by atomic mass is 10.1. The van der Waals surface area contributed by atoms with Crippen LogP contribution in [0.1, 0.15) is 16.2 Å². The molecule has 0 atom stereocenters. The highest BCUT2D eigenvalue weighted by atomic mass is 16.4. The van der Waals surface area contributed by atoms with Crippen molar-refractivity contribution in [3.05, 3.63) is 34.1 Å². The first kappa shape index (κ1) is 11.1. The quantitative estimate of drug-likeness (QED) is 0.771. The molecule has 88 valence electrons. The first-order valence-corrected chi connectivity index (χ1v) is 4.82. The molecule has 0 radical (unpaired) electrons. The summed E-state index contributed by atoms with van der Waals surface area (Å²) in [5.41, 5.74) is 0.742. The normalized spacial score (nSPS) is 10.5. The minimum absolute atomic E-state index is 0.191. The van der Waals surface area contributed by atoms with Gasteiger partial charge in [-0.25, -0.2) is 9.59 Å². The van der Waals surface area contributed by atoms with Crippen LogP contribution in [-0.4, -0.2) is 30.8 Å². The molecule has 2 N–H and O–H groups in total. The van der Waals surface area contributed by atoms with E-state index in [4.69, 9.17) is 5.11 Å². The Labute approximate surface area is 95.7 Å². The number of aromatic carboxylic acids is 1. The number of nitrogens with one attached hydrogen (secondary N) is 1. The Morgan fingerprint density at radius 2 is 2.24 bits per heavy atom. The summed E-state index contributed by atoms with van der Waals surface area (Å²) >= 11 is 0. The van der Waals surface area contributed by atoms with E-state index in [1.807, 2.05) is 0 Å². The summed E-state index contributed by atoms with van der Waals surface area (Å²) in [7, 11) is 1.74. The number of carboxylic acid groups (broad SMARTS) is 1. The molecule has 0 saturated carbocycles. The Morgan fingerprint density at radius 3 is 2.76 bits per heavy atom. The van der Waals surface area contributed by atoms with Crippen LogP contribution in [0.5, 0.6) is 0 Å². The minimum Gasteiger partial charge on any atom is -0.477 e. The van der Waals surface area contributed by atoms with Crippen molar-refractivity contribution >= 4 is 5.97 Å². The number of aromatic amines is 1. The number of hydrogen-bond donors (Lipinski definition) is 2. The molecule has 0 spiro atoms. The van der Waals surface area contributed by atoms with Crippen LogP contribution >= 0.6 is 0 Å². The fraction of sp³-hybridized carbons (Fsp3) is 0.200. The molecule has 0 saturated heterocycles. The number of nitrogens with zero attached hydrogens (tertiary/aromatic N) is 3. The molecule has 0 bridgehead atoms. The number of rotatable bonds is 2. The van der Waals surface area contributed by atoms with E-state index in [0.29, 0.717) is 17.0 Å². The average Bonchev–Trinajstić information content (AvgIpc) is 2.57. The summed E-state index contributed by atoms with van der Waals surface area (Å²) in [6.07, 6.45) is 1.68. The highest BCUT2D eigenvalue weighted by molar-refractivity contribution is 5.86. The van der Waals surface area contributed by atoms with Gasteiger partial charge in [0.15, 0.2) is 0 Å². The molecular weight excluding hydrogens is 224 g/mol. The van der Waals surface area contributed by atoms with Gasteiger partial charge in [-0.2, -0.15) is 10.1 Å². The lowest BCUT2D eigenvalue weighted by Gasteiger charge is -1.99.